The Balaban J connectivity index is 2.33. The van der Waals surface area contributed by atoms with Crippen LogP contribution in [0, 0.1) is 5.82 Å². The van der Waals surface area contributed by atoms with Crippen LogP contribution >= 0.6 is 11.6 Å². The van der Waals surface area contributed by atoms with Gasteiger partial charge in [0.2, 0.25) is 0 Å². The van der Waals surface area contributed by atoms with Crippen molar-refractivity contribution < 1.29 is 8.78 Å². The van der Waals surface area contributed by atoms with Gasteiger partial charge in [0.1, 0.15) is 11.5 Å². The molecular formula is C10H10ClF2N. The number of nitrogens with two attached hydrogens (primary N) is 1. The van der Waals surface area contributed by atoms with Gasteiger partial charge in [-0.2, -0.15) is 0 Å². The zero-order valence-corrected chi connectivity index (χ0v) is 8.19. The normalized spacial score (nSPS) is 31.3. The molecule has 0 heterocycles. The van der Waals surface area contributed by atoms with E-state index in [9.17, 15) is 8.78 Å². The third-order valence-electron chi connectivity index (χ3n) is 2.59. The van der Waals surface area contributed by atoms with Gasteiger partial charge in [0.05, 0.1) is 0 Å². The first-order chi connectivity index (χ1) is 6.51. The maximum absolute atomic E-state index is 13.9. The van der Waals surface area contributed by atoms with Gasteiger partial charge in [-0.15, -0.1) is 0 Å². The Bertz CT molecular complexity index is 361. The molecule has 0 unspecified atom stereocenters. The minimum absolute atomic E-state index is 0.0728. The lowest BCUT2D eigenvalue weighted by Gasteiger charge is -2.39. The summed E-state index contributed by atoms with van der Waals surface area (Å²) >= 11 is 5.57. The Kier molecular flexibility index (Phi) is 2.24. The Morgan fingerprint density at radius 1 is 1.43 bits per heavy atom. The van der Waals surface area contributed by atoms with Crippen molar-refractivity contribution >= 4 is 11.6 Å². The SMILES string of the molecule is NC1CC(F)(c2ccc(Cl)cc2F)C1. The maximum Gasteiger partial charge on any atom is 0.141 e. The molecule has 0 bridgehead atoms. The van der Waals surface area contributed by atoms with Crippen molar-refractivity contribution in [2.45, 2.75) is 24.6 Å². The molecule has 1 nitrogen and oxygen atoms in total. The van der Waals surface area contributed by atoms with Crippen LogP contribution in [0.15, 0.2) is 18.2 Å². The van der Waals surface area contributed by atoms with E-state index in [2.05, 4.69) is 0 Å². The summed E-state index contributed by atoms with van der Waals surface area (Å²) in [4.78, 5) is 0. The molecule has 1 aliphatic carbocycles. The van der Waals surface area contributed by atoms with Gasteiger partial charge in [-0.25, -0.2) is 8.78 Å². The molecule has 14 heavy (non-hydrogen) atoms. The summed E-state index contributed by atoms with van der Waals surface area (Å²) in [6.45, 7) is 0. The number of benzene rings is 1. The lowest BCUT2D eigenvalue weighted by Crippen LogP contribution is -2.46. The number of halogens is 3. The van der Waals surface area contributed by atoms with Gasteiger partial charge >= 0.3 is 0 Å². The van der Waals surface area contributed by atoms with Crippen molar-refractivity contribution in [1.82, 2.24) is 0 Å². The quantitative estimate of drug-likeness (QED) is 0.769. The van der Waals surface area contributed by atoms with Crippen LogP contribution in [0.3, 0.4) is 0 Å². The van der Waals surface area contributed by atoms with Crippen LogP contribution in [0.5, 0.6) is 0 Å². The standard InChI is InChI=1S/C10H10ClF2N/c11-6-1-2-8(9(12)3-6)10(13)4-7(14)5-10/h1-3,7H,4-5,14H2. The van der Waals surface area contributed by atoms with Crippen molar-refractivity contribution in [2.75, 3.05) is 0 Å². The van der Waals surface area contributed by atoms with Crippen LogP contribution in [0.4, 0.5) is 8.78 Å². The van der Waals surface area contributed by atoms with Crippen molar-refractivity contribution in [1.29, 1.82) is 0 Å². The zero-order valence-electron chi connectivity index (χ0n) is 7.43. The molecule has 1 fully saturated rings. The Hall–Kier alpha value is -0.670. The first-order valence-corrected chi connectivity index (χ1v) is 4.79. The number of hydrogen-bond donors (Lipinski definition) is 1. The largest absolute Gasteiger partial charge is 0.327 e. The molecule has 0 aromatic heterocycles. The lowest BCUT2D eigenvalue weighted by molar-refractivity contribution is 0.0369. The van der Waals surface area contributed by atoms with E-state index in [1.807, 2.05) is 0 Å². The molecule has 4 heteroatoms. The lowest BCUT2D eigenvalue weighted by atomic mass is 9.73. The minimum Gasteiger partial charge on any atom is -0.327 e. The summed E-state index contributed by atoms with van der Waals surface area (Å²) in [7, 11) is 0. The van der Waals surface area contributed by atoms with Crippen LogP contribution in [-0.4, -0.2) is 6.04 Å². The van der Waals surface area contributed by atoms with E-state index in [-0.39, 0.29) is 29.5 Å². The fourth-order valence-corrected chi connectivity index (χ4v) is 2.00. The fraction of sp³-hybridized carbons (Fsp3) is 0.400. The molecule has 0 spiro atoms. The van der Waals surface area contributed by atoms with Crippen molar-refractivity contribution in [3.05, 3.63) is 34.6 Å². The molecule has 2 rings (SSSR count). The molecule has 1 aromatic rings. The molecule has 76 valence electrons. The Morgan fingerprint density at radius 2 is 2.07 bits per heavy atom. The van der Waals surface area contributed by atoms with E-state index in [1.165, 1.54) is 12.1 Å². The number of alkyl halides is 1. The maximum atomic E-state index is 13.9. The van der Waals surface area contributed by atoms with E-state index < -0.39 is 11.5 Å². The van der Waals surface area contributed by atoms with E-state index in [1.54, 1.807) is 0 Å². The Morgan fingerprint density at radius 3 is 2.57 bits per heavy atom. The van der Waals surface area contributed by atoms with E-state index in [4.69, 9.17) is 17.3 Å². The highest BCUT2D eigenvalue weighted by Gasteiger charge is 2.46. The number of hydrogen-bond acceptors (Lipinski definition) is 1. The monoisotopic (exact) mass is 217 g/mol. The molecule has 1 saturated carbocycles. The molecule has 1 aromatic carbocycles. The predicted octanol–water partition coefficient (Wildman–Crippen LogP) is 2.77. The van der Waals surface area contributed by atoms with E-state index >= 15 is 0 Å². The summed E-state index contributed by atoms with van der Waals surface area (Å²) < 4.78 is 27.2. The third kappa shape index (κ3) is 1.51. The van der Waals surface area contributed by atoms with Gasteiger partial charge in [-0.3, -0.25) is 0 Å². The van der Waals surface area contributed by atoms with Gasteiger partial charge in [0.15, 0.2) is 0 Å². The molecule has 0 saturated heterocycles. The summed E-state index contributed by atoms with van der Waals surface area (Å²) in [5.74, 6) is -0.591. The van der Waals surface area contributed by atoms with Crippen LogP contribution in [-0.2, 0) is 5.67 Å². The highest BCUT2D eigenvalue weighted by Crippen LogP contribution is 2.45. The molecule has 0 radical (unpaired) electrons. The second-order valence-corrected chi connectivity index (χ2v) is 4.19. The second kappa shape index (κ2) is 3.17. The predicted molar refractivity (Wildman–Crippen MR) is 51.4 cm³/mol. The average molecular weight is 218 g/mol. The van der Waals surface area contributed by atoms with Gasteiger partial charge in [-0.05, 0) is 12.1 Å². The first-order valence-electron chi connectivity index (χ1n) is 4.41. The second-order valence-electron chi connectivity index (χ2n) is 3.76. The van der Waals surface area contributed by atoms with Crippen molar-refractivity contribution in [2.24, 2.45) is 5.73 Å². The molecule has 0 aliphatic heterocycles. The van der Waals surface area contributed by atoms with Crippen LogP contribution in [0.2, 0.25) is 5.02 Å². The van der Waals surface area contributed by atoms with Crippen LogP contribution in [0.1, 0.15) is 18.4 Å². The highest BCUT2D eigenvalue weighted by atomic mass is 35.5. The summed E-state index contributed by atoms with van der Waals surface area (Å²) in [5.41, 5.74) is 3.97. The zero-order chi connectivity index (χ0) is 10.3. The van der Waals surface area contributed by atoms with Crippen molar-refractivity contribution in [3.8, 4) is 0 Å². The van der Waals surface area contributed by atoms with Gasteiger partial charge in [0.25, 0.3) is 0 Å². The van der Waals surface area contributed by atoms with Gasteiger partial charge in [0, 0.05) is 29.5 Å². The van der Waals surface area contributed by atoms with Gasteiger partial charge in [-0.1, -0.05) is 17.7 Å². The number of rotatable bonds is 1. The smallest absolute Gasteiger partial charge is 0.141 e. The third-order valence-corrected chi connectivity index (χ3v) is 2.82. The minimum atomic E-state index is -1.59. The average Bonchev–Trinajstić information content (AvgIpc) is 2.00. The fourth-order valence-electron chi connectivity index (χ4n) is 1.84. The first kappa shape index (κ1) is 9.87. The van der Waals surface area contributed by atoms with E-state index in [0.717, 1.165) is 6.07 Å². The van der Waals surface area contributed by atoms with Crippen LogP contribution < -0.4 is 5.73 Å². The topological polar surface area (TPSA) is 26.0 Å². The Labute approximate surface area is 85.9 Å². The summed E-state index contributed by atoms with van der Waals surface area (Å²) in [5, 5.41) is 0.276. The summed E-state index contributed by atoms with van der Waals surface area (Å²) in [6.07, 6.45) is 0.372. The summed E-state index contributed by atoms with van der Waals surface area (Å²) in [6, 6.07) is 3.85. The molecule has 0 amide bonds. The van der Waals surface area contributed by atoms with E-state index in [0.29, 0.717) is 0 Å². The molecule has 1 aliphatic rings. The highest BCUT2D eigenvalue weighted by molar-refractivity contribution is 6.30. The van der Waals surface area contributed by atoms with Gasteiger partial charge < -0.3 is 5.73 Å². The molecular weight excluding hydrogens is 208 g/mol. The van der Waals surface area contributed by atoms with Crippen molar-refractivity contribution in [3.63, 3.8) is 0 Å². The van der Waals surface area contributed by atoms with Crippen LogP contribution in [0.25, 0.3) is 0 Å². The molecule has 2 N–H and O–H groups in total. The molecule has 0 atom stereocenters.